The first-order valence-corrected chi connectivity index (χ1v) is 9.78. The Hall–Kier alpha value is -4.37. The lowest BCUT2D eigenvalue weighted by Gasteiger charge is -2.42. The van der Waals surface area contributed by atoms with Crippen LogP contribution < -0.4 is 5.73 Å². The predicted octanol–water partition coefficient (Wildman–Crippen LogP) is 3.08. The Morgan fingerprint density at radius 3 is 2.71 bits per heavy atom. The summed E-state index contributed by atoms with van der Waals surface area (Å²) in [6, 6.07) is 12.3. The quantitative estimate of drug-likeness (QED) is 0.543. The van der Waals surface area contributed by atoms with E-state index < -0.39 is 5.54 Å². The third-order valence-electron chi connectivity index (χ3n) is 5.72. The van der Waals surface area contributed by atoms with E-state index >= 15 is 0 Å². The van der Waals surface area contributed by atoms with Crippen LogP contribution in [0.1, 0.15) is 19.3 Å². The summed E-state index contributed by atoms with van der Waals surface area (Å²) in [4.78, 5) is 14.6. The summed E-state index contributed by atoms with van der Waals surface area (Å²) >= 11 is 0. The minimum Gasteiger partial charge on any atom is -0.382 e. The van der Waals surface area contributed by atoms with Gasteiger partial charge in [0.1, 0.15) is 11.5 Å². The van der Waals surface area contributed by atoms with Gasteiger partial charge in [0.05, 0.1) is 59.8 Å². The highest BCUT2D eigenvalue weighted by Gasteiger charge is 2.48. The van der Waals surface area contributed by atoms with Crippen LogP contribution in [0.25, 0.3) is 33.4 Å². The van der Waals surface area contributed by atoms with E-state index in [-0.39, 0.29) is 12.3 Å². The van der Waals surface area contributed by atoms with E-state index in [1.165, 1.54) is 6.20 Å². The van der Waals surface area contributed by atoms with Crippen molar-refractivity contribution in [2.24, 2.45) is 5.92 Å². The van der Waals surface area contributed by atoms with Crippen LogP contribution in [-0.2, 0) is 5.54 Å². The minimum atomic E-state index is -0.526. The van der Waals surface area contributed by atoms with Crippen molar-refractivity contribution in [2.75, 3.05) is 5.73 Å². The number of rotatable bonds is 4. The smallest absolute Gasteiger partial charge is 0.141 e. The van der Waals surface area contributed by atoms with E-state index in [1.807, 2.05) is 24.3 Å². The number of hydrogen-bond acceptors (Lipinski definition) is 8. The van der Waals surface area contributed by atoms with Crippen LogP contribution >= 0.6 is 0 Å². The van der Waals surface area contributed by atoms with E-state index in [2.05, 4.69) is 32.2 Å². The number of benzene rings is 1. The van der Waals surface area contributed by atoms with E-state index in [9.17, 15) is 10.5 Å². The van der Waals surface area contributed by atoms with Gasteiger partial charge in [-0.05, 0) is 31.0 Å². The summed E-state index contributed by atoms with van der Waals surface area (Å²) < 4.78 is 0. The van der Waals surface area contributed by atoms with Crippen molar-refractivity contribution in [1.29, 1.82) is 10.5 Å². The lowest BCUT2D eigenvalue weighted by atomic mass is 9.68. The molecule has 2 N–H and O–H groups in total. The summed E-state index contributed by atoms with van der Waals surface area (Å²) in [6.45, 7) is 0. The zero-order valence-electron chi connectivity index (χ0n) is 16.5. The molecule has 150 valence electrons. The molecule has 1 fully saturated rings. The van der Waals surface area contributed by atoms with E-state index in [1.54, 1.807) is 23.4 Å². The van der Waals surface area contributed by atoms with Crippen LogP contribution in [0, 0.1) is 28.6 Å². The van der Waals surface area contributed by atoms with E-state index in [0.29, 0.717) is 30.0 Å². The number of nitrogens with two attached hydrogens (primary N) is 1. The van der Waals surface area contributed by atoms with Crippen LogP contribution in [0.5, 0.6) is 0 Å². The minimum absolute atomic E-state index is 0.0692. The molecule has 0 atom stereocenters. The first-order valence-electron chi connectivity index (χ1n) is 9.78. The summed E-state index contributed by atoms with van der Waals surface area (Å²) in [7, 11) is 0. The number of aromatic nitrogens is 6. The molecule has 5 rings (SSSR count). The molecule has 1 aromatic carbocycles. The maximum atomic E-state index is 9.30. The van der Waals surface area contributed by atoms with Crippen molar-refractivity contribution in [2.45, 2.75) is 24.8 Å². The van der Waals surface area contributed by atoms with Gasteiger partial charge in [-0.2, -0.15) is 25.5 Å². The zero-order chi connectivity index (χ0) is 21.4. The number of anilines is 1. The number of nitrogen functional groups attached to an aromatic ring is 1. The number of pyridine rings is 1. The normalized spacial score (nSPS) is 20.0. The van der Waals surface area contributed by atoms with Gasteiger partial charge in [-0.25, -0.2) is 4.98 Å². The monoisotopic (exact) mass is 407 g/mol. The summed E-state index contributed by atoms with van der Waals surface area (Å²) in [6.07, 6.45) is 7.99. The van der Waals surface area contributed by atoms with Crippen molar-refractivity contribution in [3.8, 4) is 34.7 Å². The molecule has 1 aliphatic rings. The SMILES string of the molecule is N#CC[C@]1(n2ncc(-c3cc(-c4cnc(N)cn4)cc4ncccc34)n2)C[C@@H](C#N)C1. The molecule has 9 heteroatoms. The molecular formula is C22H17N9. The van der Waals surface area contributed by atoms with Gasteiger partial charge in [0.2, 0.25) is 0 Å². The highest BCUT2D eigenvalue weighted by atomic mass is 15.5. The van der Waals surface area contributed by atoms with Crippen molar-refractivity contribution in [1.82, 2.24) is 29.9 Å². The lowest BCUT2D eigenvalue weighted by Crippen LogP contribution is -2.47. The topological polar surface area (TPSA) is 143 Å². The Morgan fingerprint density at radius 2 is 1.97 bits per heavy atom. The highest BCUT2D eigenvalue weighted by Crippen LogP contribution is 2.45. The van der Waals surface area contributed by atoms with Crippen molar-refractivity contribution < 1.29 is 0 Å². The maximum absolute atomic E-state index is 9.30. The predicted molar refractivity (Wildman–Crippen MR) is 113 cm³/mol. The number of nitrogens with zero attached hydrogens (tertiary/aromatic N) is 8. The molecule has 0 amide bonds. The van der Waals surface area contributed by atoms with Gasteiger partial charge >= 0.3 is 0 Å². The second kappa shape index (κ2) is 7.15. The number of hydrogen-bond donors (Lipinski definition) is 1. The molecule has 9 nitrogen and oxygen atoms in total. The van der Waals surface area contributed by atoms with Gasteiger partial charge < -0.3 is 5.73 Å². The van der Waals surface area contributed by atoms with E-state index in [4.69, 9.17) is 10.8 Å². The Kier molecular flexibility index (Phi) is 4.30. The molecule has 0 spiro atoms. The molecule has 0 unspecified atom stereocenters. The molecule has 0 radical (unpaired) electrons. The van der Waals surface area contributed by atoms with Crippen LogP contribution in [0.3, 0.4) is 0 Å². The van der Waals surface area contributed by atoms with E-state index in [0.717, 1.165) is 22.0 Å². The third kappa shape index (κ3) is 3.13. The fraction of sp³-hybridized carbons (Fsp3) is 0.227. The van der Waals surface area contributed by atoms with Crippen LogP contribution in [-0.4, -0.2) is 29.9 Å². The zero-order valence-corrected chi connectivity index (χ0v) is 16.5. The third-order valence-corrected chi connectivity index (χ3v) is 5.72. The number of nitriles is 2. The molecule has 4 aromatic rings. The second-order valence-electron chi connectivity index (χ2n) is 7.73. The highest BCUT2D eigenvalue weighted by molar-refractivity contribution is 5.96. The summed E-state index contributed by atoms with van der Waals surface area (Å²) in [5, 5.41) is 28.6. The molecule has 1 saturated carbocycles. The largest absolute Gasteiger partial charge is 0.382 e. The Balaban J connectivity index is 1.62. The average Bonchev–Trinajstić information content (AvgIpc) is 3.26. The molecular weight excluding hydrogens is 390 g/mol. The fourth-order valence-electron chi connectivity index (χ4n) is 4.12. The van der Waals surface area contributed by atoms with Crippen molar-refractivity contribution >= 4 is 16.7 Å². The van der Waals surface area contributed by atoms with Gasteiger partial charge in [0, 0.05) is 22.7 Å². The van der Waals surface area contributed by atoms with Gasteiger partial charge in [-0.3, -0.25) is 9.97 Å². The maximum Gasteiger partial charge on any atom is 0.141 e. The molecule has 0 aliphatic heterocycles. The molecule has 31 heavy (non-hydrogen) atoms. The second-order valence-corrected chi connectivity index (χ2v) is 7.73. The van der Waals surface area contributed by atoms with Crippen molar-refractivity contribution in [3.05, 3.63) is 49.1 Å². The van der Waals surface area contributed by atoms with Gasteiger partial charge in [-0.1, -0.05) is 6.07 Å². The standard InChI is InChI=1S/C22H17N9/c23-4-3-22(8-14(9-22)10-24)31-29-12-20(30-31)17-6-15(19-11-28-21(25)13-27-19)7-18-16(17)2-1-5-26-18/h1-2,5-7,11-14H,3,8-9H2,(H2,25,28)/t14-,22+. The van der Waals surface area contributed by atoms with Crippen LogP contribution in [0.4, 0.5) is 5.82 Å². The average molecular weight is 407 g/mol. The van der Waals surface area contributed by atoms with Crippen LogP contribution in [0.2, 0.25) is 0 Å². The summed E-state index contributed by atoms with van der Waals surface area (Å²) in [5.41, 5.74) is 8.97. The fourth-order valence-corrected chi connectivity index (χ4v) is 4.12. The first kappa shape index (κ1) is 18.6. The van der Waals surface area contributed by atoms with Gasteiger partial charge in [0.15, 0.2) is 0 Å². The van der Waals surface area contributed by atoms with Crippen LogP contribution in [0.15, 0.2) is 49.1 Å². The molecule has 0 bridgehead atoms. The number of fused-ring (bicyclic) bond motifs is 1. The van der Waals surface area contributed by atoms with Gasteiger partial charge in [-0.15, -0.1) is 0 Å². The Morgan fingerprint density at radius 1 is 1.10 bits per heavy atom. The molecule has 1 aliphatic carbocycles. The Labute approximate surface area is 177 Å². The molecule has 3 heterocycles. The lowest BCUT2D eigenvalue weighted by molar-refractivity contribution is 0.0713. The summed E-state index contributed by atoms with van der Waals surface area (Å²) in [5.74, 6) is 0.282. The molecule has 3 aromatic heterocycles. The van der Waals surface area contributed by atoms with Crippen molar-refractivity contribution in [3.63, 3.8) is 0 Å². The Bertz CT molecular complexity index is 1350. The first-order chi connectivity index (χ1) is 15.1. The molecule has 0 saturated heterocycles. The van der Waals surface area contributed by atoms with Gasteiger partial charge in [0.25, 0.3) is 0 Å².